The molecule has 10 rings (SSSR count). The van der Waals surface area contributed by atoms with Crippen LogP contribution in [-0.4, -0.2) is 118 Å². The number of carbonyl (C=O) groups excluding carboxylic acids is 3. The van der Waals surface area contributed by atoms with E-state index < -0.39 is 15.8 Å². The predicted molar refractivity (Wildman–Crippen MR) is 258 cm³/mol. The van der Waals surface area contributed by atoms with Gasteiger partial charge in [-0.25, -0.2) is 47.7 Å². The van der Waals surface area contributed by atoms with Crippen LogP contribution in [0.15, 0.2) is 64.1 Å². The summed E-state index contributed by atoms with van der Waals surface area (Å²) in [5.74, 6) is -1.24. The highest BCUT2D eigenvalue weighted by molar-refractivity contribution is 7.99. The van der Waals surface area contributed by atoms with Gasteiger partial charge in [-0.05, 0) is 107 Å². The first-order chi connectivity index (χ1) is 34.1. The van der Waals surface area contributed by atoms with Gasteiger partial charge in [0, 0.05) is 67.6 Å². The smallest absolute Gasteiger partial charge is 0.359 e. The van der Waals surface area contributed by atoms with Gasteiger partial charge in [0.25, 0.3) is 0 Å². The quantitative estimate of drug-likeness (QED) is 0.0892. The van der Waals surface area contributed by atoms with Crippen molar-refractivity contribution in [3.05, 3.63) is 99.4 Å². The number of hydrogen-bond acceptors (Lipinski definition) is 19. The lowest BCUT2D eigenvalue weighted by molar-refractivity contribution is 0.0508. The first-order valence-electron chi connectivity index (χ1n) is 23.0. The number of rotatable bonds is 11. The fourth-order valence-corrected chi connectivity index (χ4v) is 9.78. The van der Waals surface area contributed by atoms with Gasteiger partial charge >= 0.3 is 23.9 Å². The Morgan fingerprint density at radius 2 is 0.986 bits per heavy atom. The zero-order chi connectivity index (χ0) is 50.6. The first-order valence-corrected chi connectivity index (χ1v) is 25.7. The van der Waals surface area contributed by atoms with Crippen LogP contribution in [0.2, 0.25) is 0 Å². The average Bonchev–Trinajstić information content (AvgIpc) is 4.02. The molecular formula is C48H52N12O9S2. The second kappa shape index (κ2) is 21.3. The second-order valence-corrected chi connectivity index (χ2v) is 19.2. The molecule has 7 aromatic rings. The van der Waals surface area contributed by atoms with Crippen LogP contribution in [-0.2, 0) is 83.7 Å². The molecule has 21 nitrogen and oxygen atoms in total. The molecule has 3 aliphatic carbocycles. The van der Waals surface area contributed by atoms with E-state index in [-0.39, 0.29) is 29.4 Å². The molecule has 0 saturated carbocycles. The van der Waals surface area contributed by atoms with Crippen LogP contribution in [0, 0.1) is 0 Å². The van der Waals surface area contributed by atoms with Gasteiger partial charge in [0.2, 0.25) is 15.0 Å². The largest absolute Gasteiger partial charge is 0.464 e. The number of ether oxygens (including phenoxy) is 4. The Hall–Kier alpha value is -7.40. The number of nitrogens with zero attached hydrogens (tertiary/aromatic N) is 12. The van der Waals surface area contributed by atoms with E-state index in [0.29, 0.717) is 66.6 Å². The number of sulfone groups is 1. The summed E-state index contributed by atoms with van der Waals surface area (Å²) >= 11 is 1.52. The zero-order valence-electron chi connectivity index (χ0n) is 40.5. The van der Waals surface area contributed by atoms with E-state index >= 15 is 0 Å². The van der Waals surface area contributed by atoms with Gasteiger partial charge < -0.3 is 18.9 Å². The molecule has 0 bridgehead atoms. The van der Waals surface area contributed by atoms with Crippen molar-refractivity contribution in [1.82, 2.24) is 59.2 Å². The standard InChI is InChI=1S/C19H18N4O2S.C15H18N4O3.C14H16N4O4S/c1-3-25-18(24)16-14-10-9-12-11-20-19(26-13-7-5-4-6-8-13)21-15(12)17(14)23(2)22-16;1-4-21-14(20)12-10-7-6-9-8-16-15(22-5-2)17-11(9)13(10)19(3)18-12;1-4-22-13(19)11-9-6-5-8-7-15-14(23(3,20)21)16-10(8)12(9)18(2)17-11/h4-8,11H,3,9-10H2,1-2H3;8H,4-7H2,1-3H3;7H,4-6H2,1-3H3. The first kappa shape index (κ1) is 50.0. The van der Waals surface area contributed by atoms with Crippen molar-refractivity contribution in [3.63, 3.8) is 0 Å². The van der Waals surface area contributed by atoms with Gasteiger partial charge in [-0.3, -0.25) is 14.0 Å². The summed E-state index contributed by atoms with van der Waals surface area (Å²) in [7, 11) is 1.82. The van der Waals surface area contributed by atoms with Crippen molar-refractivity contribution in [3.8, 4) is 40.2 Å². The summed E-state index contributed by atoms with van der Waals surface area (Å²) in [6, 6.07) is 10.4. The topological polar surface area (TPSA) is 253 Å². The minimum absolute atomic E-state index is 0.233. The third kappa shape index (κ3) is 10.4. The van der Waals surface area contributed by atoms with Crippen LogP contribution in [0.1, 0.15) is 92.5 Å². The highest BCUT2D eigenvalue weighted by atomic mass is 32.2. The van der Waals surface area contributed by atoms with Crippen LogP contribution in [0.4, 0.5) is 0 Å². The summed E-state index contributed by atoms with van der Waals surface area (Å²) < 4.78 is 49.0. The number of benzene rings is 1. The zero-order valence-corrected chi connectivity index (χ0v) is 42.2. The van der Waals surface area contributed by atoms with E-state index in [1.165, 1.54) is 18.0 Å². The van der Waals surface area contributed by atoms with Crippen molar-refractivity contribution >= 4 is 39.5 Å². The Labute approximate surface area is 413 Å². The lowest BCUT2D eigenvalue weighted by Crippen LogP contribution is -2.14. The number of esters is 3. The van der Waals surface area contributed by atoms with Crippen LogP contribution in [0.25, 0.3) is 34.2 Å². The summed E-state index contributed by atoms with van der Waals surface area (Å²) in [6.07, 6.45) is 10.5. The Bertz CT molecular complexity index is 3280. The SMILES string of the molecule is CCOC(=O)c1nn(C)c2c1CCc1cnc(OCC)nc1-2.CCOC(=O)c1nn(C)c2c1CCc1cnc(S(C)(=O)=O)nc1-2.CCOC(=O)c1nn(C)c2c1CCc1cnc(Sc3ccccc3)nc1-2. The number of carbonyl (C=O) groups is 3. The molecule has 370 valence electrons. The van der Waals surface area contributed by atoms with E-state index in [4.69, 9.17) is 23.9 Å². The summed E-state index contributed by atoms with van der Waals surface area (Å²) in [4.78, 5) is 63.4. The van der Waals surface area contributed by atoms with Gasteiger partial charge in [-0.2, -0.15) is 20.3 Å². The maximum Gasteiger partial charge on any atom is 0.359 e. The lowest BCUT2D eigenvalue weighted by Gasteiger charge is -2.17. The van der Waals surface area contributed by atoms with Crippen molar-refractivity contribution < 1.29 is 41.7 Å². The van der Waals surface area contributed by atoms with Crippen molar-refractivity contribution in [1.29, 1.82) is 0 Å². The van der Waals surface area contributed by atoms with Gasteiger partial charge in [-0.1, -0.05) is 18.2 Å². The van der Waals surface area contributed by atoms with Crippen molar-refractivity contribution in [2.45, 2.75) is 81.4 Å². The Balaban J connectivity index is 0.000000143. The molecule has 0 amide bonds. The summed E-state index contributed by atoms with van der Waals surface area (Å²) in [5.41, 5.74) is 11.0. The molecule has 0 N–H and O–H groups in total. The van der Waals surface area contributed by atoms with E-state index in [2.05, 4.69) is 40.2 Å². The summed E-state index contributed by atoms with van der Waals surface area (Å²) in [6.45, 7) is 8.63. The molecule has 0 aliphatic heterocycles. The molecule has 0 saturated heterocycles. The molecule has 0 unspecified atom stereocenters. The monoisotopic (exact) mass is 1000 g/mol. The maximum atomic E-state index is 12.2. The molecule has 1 aromatic carbocycles. The molecule has 0 atom stereocenters. The fraction of sp³-hybridized carbons (Fsp3) is 0.375. The van der Waals surface area contributed by atoms with Crippen LogP contribution in [0.5, 0.6) is 6.01 Å². The molecule has 0 spiro atoms. The number of aryl methyl sites for hydroxylation is 6. The summed E-state index contributed by atoms with van der Waals surface area (Å²) in [5, 5.41) is 13.4. The van der Waals surface area contributed by atoms with Gasteiger partial charge in [0.05, 0.1) is 60.6 Å². The molecule has 71 heavy (non-hydrogen) atoms. The lowest BCUT2D eigenvalue weighted by atomic mass is 9.93. The van der Waals surface area contributed by atoms with Gasteiger partial charge in [0.1, 0.15) is 0 Å². The highest BCUT2D eigenvalue weighted by Gasteiger charge is 2.33. The predicted octanol–water partition coefficient (Wildman–Crippen LogP) is 5.41. The molecule has 0 radical (unpaired) electrons. The minimum atomic E-state index is -3.51. The maximum absolute atomic E-state index is 12.2. The average molecular weight is 1010 g/mol. The molecular weight excluding hydrogens is 953 g/mol. The molecule has 3 aliphatic rings. The Kier molecular flexibility index (Phi) is 15.0. The molecule has 23 heteroatoms. The van der Waals surface area contributed by atoms with Gasteiger partial charge in [0.15, 0.2) is 22.2 Å². The van der Waals surface area contributed by atoms with Gasteiger partial charge in [-0.15, -0.1) is 0 Å². The fourth-order valence-electron chi connectivity index (χ4n) is 8.53. The third-order valence-electron chi connectivity index (χ3n) is 11.5. The van der Waals surface area contributed by atoms with E-state index in [9.17, 15) is 22.8 Å². The van der Waals surface area contributed by atoms with Crippen LogP contribution in [0.3, 0.4) is 0 Å². The number of fused-ring (bicyclic) bond motifs is 9. The second-order valence-electron chi connectivity index (χ2n) is 16.3. The molecule has 6 heterocycles. The number of aromatic nitrogens is 12. The number of hydrogen-bond donors (Lipinski definition) is 0. The van der Waals surface area contributed by atoms with Crippen LogP contribution < -0.4 is 4.74 Å². The Morgan fingerprint density at radius 3 is 1.42 bits per heavy atom. The van der Waals surface area contributed by atoms with E-state index in [1.54, 1.807) is 55.1 Å². The third-order valence-corrected chi connectivity index (χ3v) is 13.3. The normalized spacial score (nSPS) is 12.7. The minimum Gasteiger partial charge on any atom is -0.464 e. The van der Waals surface area contributed by atoms with E-state index in [1.807, 2.05) is 50.5 Å². The molecule has 0 fully saturated rings. The highest BCUT2D eigenvalue weighted by Crippen LogP contribution is 2.38. The van der Waals surface area contributed by atoms with Crippen molar-refractivity contribution in [2.24, 2.45) is 21.1 Å². The molecule has 6 aromatic heterocycles. The Morgan fingerprint density at radius 1 is 0.563 bits per heavy atom. The van der Waals surface area contributed by atoms with E-state index in [0.717, 1.165) is 93.0 Å². The van der Waals surface area contributed by atoms with Crippen molar-refractivity contribution in [2.75, 3.05) is 32.7 Å². The van der Waals surface area contributed by atoms with Crippen LogP contribution >= 0.6 is 11.8 Å².